The van der Waals surface area contributed by atoms with E-state index < -0.39 is 0 Å². The minimum atomic E-state index is -0.0499. The number of pyridine rings is 1. The Morgan fingerprint density at radius 3 is 2.61 bits per heavy atom. The number of hydrogen-bond acceptors (Lipinski definition) is 7. The summed E-state index contributed by atoms with van der Waals surface area (Å²) in [5.41, 5.74) is 4.76. The highest BCUT2D eigenvalue weighted by molar-refractivity contribution is 6.20. The molecule has 1 fully saturated rings. The summed E-state index contributed by atoms with van der Waals surface area (Å²) in [5, 5.41) is 13.5. The van der Waals surface area contributed by atoms with Gasteiger partial charge in [-0.05, 0) is 43.0 Å². The third-order valence-electron chi connectivity index (χ3n) is 5.70. The van der Waals surface area contributed by atoms with Crippen molar-refractivity contribution >= 4 is 60.1 Å². The lowest BCUT2D eigenvalue weighted by molar-refractivity contribution is 0.313. The number of imidazole rings is 1. The molecule has 0 spiro atoms. The van der Waals surface area contributed by atoms with E-state index in [0.29, 0.717) is 24.0 Å². The number of aromatic nitrogens is 3. The van der Waals surface area contributed by atoms with Gasteiger partial charge >= 0.3 is 0 Å². The van der Waals surface area contributed by atoms with Crippen LogP contribution in [0.15, 0.2) is 47.6 Å². The second-order valence-electron chi connectivity index (χ2n) is 7.87. The van der Waals surface area contributed by atoms with Crippen LogP contribution < -0.4 is 10.2 Å². The zero-order valence-electron chi connectivity index (χ0n) is 18.2. The molecule has 0 atom stereocenters. The molecule has 2 aliphatic heterocycles. The summed E-state index contributed by atoms with van der Waals surface area (Å²) in [7, 11) is 2.16. The number of aromatic amines is 1. The van der Waals surface area contributed by atoms with E-state index in [1.165, 1.54) is 5.69 Å². The van der Waals surface area contributed by atoms with Crippen LogP contribution in [0.1, 0.15) is 16.8 Å². The molecule has 0 bridgehead atoms. The minimum Gasteiger partial charge on any atom is -0.492 e. The van der Waals surface area contributed by atoms with Gasteiger partial charge < -0.3 is 25.2 Å². The van der Waals surface area contributed by atoms with Crippen LogP contribution in [0.3, 0.4) is 0 Å². The highest BCUT2D eigenvalue weighted by Gasteiger charge is 2.16. The van der Waals surface area contributed by atoms with Gasteiger partial charge in [0, 0.05) is 62.0 Å². The Morgan fingerprint density at radius 2 is 1.85 bits per heavy atom. The Kier molecular flexibility index (Phi) is 7.97. The highest BCUT2D eigenvalue weighted by atomic mass is 35.5. The number of likely N-dealkylation sites (N-methyl/N-ethyl adjacent to an activating group) is 1. The number of aliphatic imine (C=N–C) groups is 1. The van der Waals surface area contributed by atoms with Gasteiger partial charge in [-0.2, -0.15) is 4.98 Å². The maximum absolute atomic E-state index is 10.2. The predicted octanol–water partition coefficient (Wildman–Crippen LogP) is 3.97. The minimum absolute atomic E-state index is 0. The number of nitrogens with one attached hydrogen (secondary N) is 2. The lowest BCUT2D eigenvalue weighted by Crippen LogP contribution is -2.44. The first-order valence-electron chi connectivity index (χ1n) is 10.4. The van der Waals surface area contributed by atoms with Crippen molar-refractivity contribution < 1.29 is 5.11 Å². The van der Waals surface area contributed by atoms with Crippen molar-refractivity contribution in [1.29, 1.82) is 0 Å². The average Bonchev–Trinajstić information content (AvgIpc) is 3.37. The van der Waals surface area contributed by atoms with E-state index in [9.17, 15) is 5.11 Å². The first-order valence-corrected chi connectivity index (χ1v) is 10.4. The maximum Gasteiger partial charge on any atom is 0.238 e. The van der Waals surface area contributed by atoms with Crippen LogP contribution in [-0.4, -0.2) is 64.4 Å². The van der Waals surface area contributed by atoms with Gasteiger partial charge in [0.15, 0.2) is 5.82 Å². The van der Waals surface area contributed by atoms with Gasteiger partial charge in [0.1, 0.15) is 5.69 Å². The largest absolute Gasteiger partial charge is 0.492 e. The van der Waals surface area contributed by atoms with Crippen LogP contribution in [0.2, 0.25) is 0 Å². The van der Waals surface area contributed by atoms with E-state index in [2.05, 4.69) is 66.4 Å². The number of aromatic hydroxyl groups is 1. The van der Waals surface area contributed by atoms with Crippen LogP contribution in [0.5, 0.6) is 5.88 Å². The summed E-state index contributed by atoms with van der Waals surface area (Å²) in [5.74, 6) is 1.16. The molecule has 33 heavy (non-hydrogen) atoms. The molecule has 8 nitrogen and oxygen atoms in total. The van der Waals surface area contributed by atoms with E-state index in [4.69, 9.17) is 0 Å². The molecule has 0 aliphatic carbocycles. The molecule has 0 radical (unpaired) electrons. The van der Waals surface area contributed by atoms with Crippen LogP contribution in [0.4, 0.5) is 17.5 Å². The molecule has 2 aromatic heterocycles. The van der Waals surface area contributed by atoms with Crippen molar-refractivity contribution in [2.45, 2.75) is 6.54 Å². The fourth-order valence-electron chi connectivity index (χ4n) is 3.83. The first-order chi connectivity index (χ1) is 15.2. The normalized spacial score (nSPS) is 16.3. The third-order valence-corrected chi connectivity index (χ3v) is 5.70. The molecular formula is C23H27Cl2N7O. The van der Waals surface area contributed by atoms with Gasteiger partial charge in [-0.15, -0.1) is 24.8 Å². The van der Waals surface area contributed by atoms with E-state index in [1.807, 2.05) is 18.2 Å². The van der Waals surface area contributed by atoms with Gasteiger partial charge in [-0.3, -0.25) is 0 Å². The summed E-state index contributed by atoms with van der Waals surface area (Å²) in [6, 6.07) is 12.4. The van der Waals surface area contributed by atoms with Crippen molar-refractivity contribution in [1.82, 2.24) is 19.9 Å². The fraction of sp³-hybridized carbons (Fsp3) is 0.261. The maximum atomic E-state index is 10.2. The number of benzene rings is 1. The molecular weight excluding hydrogens is 461 g/mol. The summed E-state index contributed by atoms with van der Waals surface area (Å²) in [6.45, 7) is 4.92. The second kappa shape index (κ2) is 10.7. The number of H-pyrrole nitrogens is 1. The van der Waals surface area contributed by atoms with Crippen molar-refractivity contribution in [3.8, 4) is 5.88 Å². The molecule has 3 N–H and O–H groups in total. The number of hydrogen-bond donors (Lipinski definition) is 3. The van der Waals surface area contributed by atoms with Crippen molar-refractivity contribution in [3.63, 3.8) is 0 Å². The molecule has 0 saturated carbocycles. The third kappa shape index (κ3) is 5.47. The Hall–Kier alpha value is -3.07. The van der Waals surface area contributed by atoms with Crippen molar-refractivity contribution in [2.24, 2.45) is 4.99 Å². The molecule has 10 heteroatoms. The molecule has 1 aromatic carbocycles. The summed E-state index contributed by atoms with van der Waals surface area (Å²) in [6.07, 6.45) is 5.29. The zero-order valence-corrected chi connectivity index (χ0v) is 19.9. The Balaban J connectivity index is 0.00000153. The molecule has 0 amide bonds. The van der Waals surface area contributed by atoms with Gasteiger partial charge in [0.25, 0.3) is 0 Å². The number of fused-ring (bicyclic) bond motifs is 1. The topological polar surface area (TPSA) is 92.7 Å². The molecule has 0 unspecified atom stereocenters. The summed E-state index contributed by atoms with van der Waals surface area (Å²) < 4.78 is 0. The standard InChI is InChI=1S/C23H25N7O.2ClH/c1-29-9-11-30(12-10-29)18-6-4-16(5-7-18)14-26-23-27-20(22(31)28-23)13-17-15-25-21-19(17)3-2-8-24-21;;/h2-8,13,15,31H,9-12,14H2,1H3,(H2,26,27,28);2*1H. The van der Waals surface area contributed by atoms with Crippen LogP contribution >= 0.6 is 24.8 Å². The van der Waals surface area contributed by atoms with Gasteiger partial charge in [0.05, 0.1) is 0 Å². The monoisotopic (exact) mass is 487 g/mol. The molecule has 3 aromatic rings. The Morgan fingerprint density at radius 1 is 1.09 bits per heavy atom. The molecule has 174 valence electrons. The number of anilines is 2. The number of rotatable bonds is 5. The number of allylic oxidation sites excluding steroid dienone is 1. The van der Waals surface area contributed by atoms with E-state index >= 15 is 0 Å². The SMILES string of the molecule is CN1CCN(c2ccc(CNc3nc(O)c(C=C4C=Nc5ncccc54)[nH]3)cc2)CC1.Cl.Cl. The molecule has 1 saturated heterocycles. The lowest BCUT2D eigenvalue weighted by Gasteiger charge is -2.34. The molecule has 4 heterocycles. The summed E-state index contributed by atoms with van der Waals surface area (Å²) >= 11 is 0. The average molecular weight is 488 g/mol. The number of piperazine rings is 1. The van der Waals surface area contributed by atoms with E-state index in [0.717, 1.165) is 42.9 Å². The van der Waals surface area contributed by atoms with Crippen LogP contribution in [-0.2, 0) is 6.54 Å². The Bertz CT molecular complexity index is 1140. The smallest absolute Gasteiger partial charge is 0.238 e. The second-order valence-corrected chi connectivity index (χ2v) is 7.87. The quantitative estimate of drug-likeness (QED) is 0.504. The molecule has 2 aliphatic rings. The number of nitrogens with zero attached hydrogens (tertiary/aromatic N) is 5. The van der Waals surface area contributed by atoms with E-state index in [1.54, 1.807) is 12.4 Å². The van der Waals surface area contributed by atoms with E-state index in [-0.39, 0.29) is 30.7 Å². The number of halogens is 2. The first kappa shape index (κ1) is 24.6. The fourth-order valence-corrected chi connectivity index (χ4v) is 3.83. The van der Waals surface area contributed by atoms with Crippen LogP contribution in [0, 0.1) is 0 Å². The van der Waals surface area contributed by atoms with Crippen molar-refractivity contribution in [2.75, 3.05) is 43.4 Å². The van der Waals surface area contributed by atoms with Gasteiger partial charge in [-0.25, -0.2) is 9.98 Å². The van der Waals surface area contributed by atoms with Crippen LogP contribution in [0.25, 0.3) is 11.6 Å². The lowest BCUT2D eigenvalue weighted by atomic mass is 10.1. The van der Waals surface area contributed by atoms with Gasteiger partial charge in [-0.1, -0.05) is 12.1 Å². The highest BCUT2D eigenvalue weighted by Crippen LogP contribution is 2.31. The van der Waals surface area contributed by atoms with Gasteiger partial charge in [0.2, 0.25) is 11.8 Å². The predicted molar refractivity (Wildman–Crippen MR) is 138 cm³/mol. The van der Waals surface area contributed by atoms with Crippen molar-refractivity contribution in [3.05, 3.63) is 59.4 Å². The Labute approximate surface area is 205 Å². The summed E-state index contributed by atoms with van der Waals surface area (Å²) in [4.78, 5) is 20.6. The zero-order chi connectivity index (χ0) is 21.2. The molecule has 5 rings (SSSR count).